The number of carbonyl (C=O) groups is 1. The van der Waals surface area contributed by atoms with Gasteiger partial charge in [0.15, 0.2) is 0 Å². The summed E-state index contributed by atoms with van der Waals surface area (Å²) >= 11 is 5.71. The van der Waals surface area contributed by atoms with E-state index in [0.717, 1.165) is 0 Å². The molecule has 0 bridgehead atoms. The highest BCUT2D eigenvalue weighted by Crippen LogP contribution is 2.14. The lowest BCUT2D eigenvalue weighted by Crippen LogP contribution is -2.28. The second kappa shape index (κ2) is 6.34. The van der Waals surface area contributed by atoms with Crippen LogP contribution in [0.3, 0.4) is 0 Å². The van der Waals surface area contributed by atoms with E-state index in [0.29, 0.717) is 12.4 Å². The van der Waals surface area contributed by atoms with E-state index in [2.05, 4.69) is 15.6 Å². The van der Waals surface area contributed by atoms with E-state index in [-0.39, 0.29) is 10.7 Å². The Balaban J connectivity index is 2.78. The van der Waals surface area contributed by atoms with Gasteiger partial charge in [0, 0.05) is 12.1 Å². The van der Waals surface area contributed by atoms with Gasteiger partial charge in [-0.2, -0.15) is 0 Å². The van der Waals surface area contributed by atoms with Crippen LogP contribution in [0.4, 0.5) is 14.6 Å². The van der Waals surface area contributed by atoms with Crippen LogP contribution in [0.1, 0.15) is 17.3 Å². The van der Waals surface area contributed by atoms with Crippen molar-refractivity contribution in [3.63, 3.8) is 0 Å². The summed E-state index contributed by atoms with van der Waals surface area (Å²) in [5, 5.41) is 5.11. The summed E-state index contributed by atoms with van der Waals surface area (Å²) in [5.74, 6) is -0.170. The van der Waals surface area contributed by atoms with Crippen molar-refractivity contribution in [2.75, 3.05) is 18.4 Å². The van der Waals surface area contributed by atoms with Gasteiger partial charge in [-0.1, -0.05) is 11.6 Å². The van der Waals surface area contributed by atoms with Crippen LogP contribution in [-0.2, 0) is 0 Å². The monoisotopic (exact) mass is 263 g/mol. The number of halogens is 3. The molecule has 7 heteroatoms. The molecule has 0 aliphatic rings. The number of hydrogen-bond acceptors (Lipinski definition) is 3. The number of pyridine rings is 1. The molecule has 1 aromatic heterocycles. The smallest absolute Gasteiger partial charge is 0.255 e. The van der Waals surface area contributed by atoms with Crippen molar-refractivity contribution in [2.45, 2.75) is 13.3 Å². The normalized spacial score (nSPS) is 10.4. The van der Waals surface area contributed by atoms with Gasteiger partial charge in [0.05, 0.1) is 6.54 Å². The van der Waals surface area contributed by atoms with Gasteiger partial charge in [-0.15, -0.1) is 0 Å². The van der Waals surface area contributed by atoms with E-state index in [4.69, 9.17) is 11.6 Å². The van der Waals surface area contributed by atoms with Gasteiger partial charge >= 0.3 is 0 Å². The minimum absolute atomic E-state index is 0.130. The number of carbonyl (C=O) groups excluding carboxylic acids is 1. The van der Waals surface area contributed by atoms with Gasteiger partial charge < -0.3 is 10.6 Å². The Hall–Kier alpha value is -1.43. The van der Waals surface area contributed by atoms with Crippen LogP contribution in [0.5, 0.6) is 0 Å². The van der Waals surface area contributed by atoms with Crippen molar-refractivity contribution in [1.29, 1.82) is 0 Å². The molecule has 0 atom stereocenters. The third-order valence-corrected chi connectivity index (χ3v) is 2.02. The van der Waals surface area contributed by atoms with Crippen LogP contribution in [-0.4, -0.2) is 30.4 Å². The van der Waals surface area contributed by atoms with Gasteiger partial charge in [0.2, 0.25) is 0 Å². The lowest BCUT2D eigenvalue weighted by molar-refractivity contribution is 0.0891. The first-order valence-electron chi connectivity index (χ1n) is 5.00. The Morgan fingerprint density at radius 1 is 1.53 bits per heavy atom. The molecule has 0 fully saturated rings. The minimum atomic E-state index is -2.58. The number of nitrogens with zero attached hydrogens (tertiary/aromatic N) is 1. The third kappa shape index (κ3) is 4.52. The second-order valence-electron chi connectivity index (χ2n) is 3.20. The van der Waals surface area contributed by atoms with Gasteiger partial charge in [0.1, 0.15) is 11.0 Å². The van der Waals surface area contributed by atoms with Crippen LogP contribution in [0.25, 0.3) is 0 Å². The Labute approximate surface area is 102 Å². The van der Waals surface area contributed by atoms with E-state index in [1.54, 1.807) is 0 Å². The predicted molar refractivity (Wildman–Crippen MR) is 61.7 cm³/mol. The molecule has 0 unspecified atom stereocenters. The molecule has 0 spiro atoms. The molecular weight excluding hydrogens is 252 g/mol. The van der Waals surface area contributed by atoms with E-state index >= 15 is 0 Å². The van der Waals surface area contributed by atoms with Crippen LogP contribution in [0, 0.1) is 0 Å². The molecule has 1 rings (SSSR count). The van der Waals surface area contributed by atoms with Gasteiger partial charge in [-0.3, -0.25) is 4.79 Å². The lowest BCUT2D eigenvalue weighted by Gasteiger charge is -2.07. The Morgan fingerprint density at radius 3 is 2.82 bits per heavy atom. The highest BCUT2D eigenvalue weighted by atomic mass is 35.5. The van der Waals surface area contributed by atoms with Crippen molar-refractivity contribution in [3.8, 4) is 0 Å². The predicted octanol–water partition coefficient (Wildman–Crippen LogP) is 2.16. The summed E-state index contributed by atoms with van der Waals surface area (Å²) in [6.45, 7) is 1.79. The number of rotatable bonds is 5. The highest BCUT2D eigenvalue weighted by Gasteiger charge is 2.11. The zero-order chi connectivity index (χ0) is 12.8. The molecule has 1 heterocycles. The van der Waals surface area contributed by atoms with Crippen molar-refractivity contribution in [3.05, 3.63) is 22.8 Å². The maximum Gasteiger partial charge on any atom is 0.255 e. The number of alkyl halides is 2. The van der Waals surface area contributed by atoms with E-state index in [1.807, 2.05) is 6.92 Å². The van der Waals surface area contributed by atoms with Crippen LogP contribution in [0.15, 0.2) is 12.1 Å². The van der Waals surface area contributed by atoms with Crippen molar-refractivity contribution >= 4 is 23.3 Å². The molecule has 94 valence electrons. The molecule has 4 nitrogen and oxygen atoms in total. The Morgan fingerprint density at radius 2 is 2.24 bits per heavy atom. The van der Waals surface area contributed by atoms with E-state index in [1.165, 1.54) is 12.1 Å². The number of nitrogens with one attached hydrogen (secondary N) is 2. The topological polar surface area (TPSA) is 54.0 Å². The molecule has 2 N–H and O–H groups in total. The zero-order valence-electron chi connectivity index (χ0n) is 9.14. The maximum absolute atomic E-state index is 11.9. The molecule has 0 aliphatic heterocycles. The molecule has 0 aliphatic carbocycles. The Kier molecular flexibility index (Phi) is 5.09. The van der Waals surface area contributed by atoms with E-state index < -0.39 is 18.9 Å². The van der Waals surface area contributed by atoms with Crippen LogP contribution in [0.2, 0.25) is 5.15 Å². The molecule has 1 amide bonds. The Bertz CT molecular complexity index is 401. The van der Waals surface area contributed by atoms with Crippen LogP contribution < -0.4 is 10.6 Å². The first-order chi connectivity index (χ1) is 8.02. The molecule has 0 saturated heterocycles. The minimum Gasteiger partial charge on any atom is -0.370 e. The number of anilines is 1. The average molecular weight is 264 g/mol. The SMILES string of the molecule is CCNc1cc(C(=O)NCC(F)F)cc(Cl)n1. The fourth-order valence-corrected chi connectivity index (χ4v) is 1.38. The zero-order valence-corrected chi connectivity index (χ0v) is 9.89. The number of amides is 1. The molecular formula is C10H12ClF2N3O. The van der Waals surface area contributed by atoms with Crippen LogP contribution >= 0.6 is 11.6 Å². The number of hydrogen-bond donors (Lipinski definition) is 2. The largest absolute Gasteiger partial charge is 0.370 e. The summed E-state index contributed by atoms with van der Waals surface area (Å²) < 4.78 is 23.8. The first kappa shape index (κ1) is 13.6. The average Bonchev–Trinajstić information content (AvgIpc) is 2.25. The van der Waals surface area contributed by atoms with E-state index in [9.17, 15) is 13.6 Å². The fraction of sp³-hybridized carbons (Fsp3) is 0.400. The van der Waals surface area contributed by atoms with Gasteiger partial charge in [-0.25, -0.2) is 13.8 Å². The highest BCUT2D eigenvalue weighted by molar-refractivity contribution is 6.29. The van der Waals surface area contributed by atoms with Gasteiger partial charge in [0.25, 0.3) is 12.3 Å². The van der Waals surface area contributed by atoms with Crippen molar-refractivity contribution in [1.82, 2.24) is 10.3 Å². The summed E-state index contributed by atoms with van der Waals surface area (Å²) in [5.41, 5.74) is 0.196. The number of aromatic nitrogens is 1. The summed E-state index contributed by atoms with van der Waals surface area (Å²) in [6.07, 6.45) is -2.58. The van der Waals surface area contributed by atoms with Crippen molar-refractivity contribution < 1.29 is 13.6 Å². The summed E-state index contributed by atoms with van der Waals surface area (Å²) in [6, 6.07) is 2.78. The van der Waals surface area contributed by atoms with Crippen molar-refractivity contribution in [2.24, 2.45) is 0 Å². The molecule has 1 aromatic rings. The maximum atomic E-state index is 11.9. The fourth-order valence-electron chi connectivity index (χ4n) is 1.17. The molecule has 0 aromatic carbocycles. The molecule has 0 saturated carbocycles. The lowest BCUT2D eigenvalue weighted by atomic mass is 10.2. The second-order valence-corrected chi connectivity index (χ2v) is 3.58. The standard InChI is InChI=1S/C10H12ClF2N3O/c1-2-14-9-4-6(3-7(11)16-9)10(17)15-5-8(12)13/h3-4,8H,2,5H2,1H3,(H,14,16)(H,15,17). The summed E-state index contributed by atoms with van der Waals surface area (Å²) in [4.78, 5) is 15.4. The molecule has 0 radical (unpaired) electrons. The first-order valence-corrected chi connectivity index (χ1v) is 5.38. The molecule has 17 heavy (non-hydrogen) atoms. The van der Waals surface area contributed by atoms with Gasteiger partial charge in [-0.05, 0) is 19.1 Å². The quantitative estimate of drug-likeness (QED) is 0.801. The third-order valence-electron chi connectivity index (χ3n) is 1.83. The summed E-state index contributed by atoms with van der Waals surface area (Å²) in [7, 11) is 0.